The third kappa shape index (κ3) is 4.14. The van der Waals surface area contributed by atoms with Crippen molar-refractivity contribution in [2.75, 3.05) is 43.5 Å². The maximum Gasteiger partial charge on any atom is 0.255 e. The molecule has 136 valence electrons. The molecule has 2 aromatic rings. The first-order valence-corrected chi connectivity index (χ1v) is 8.63. The lowest BCUT2D eigenvalue weighted by molar-refractivity contribution is -0.129. The Hall–Kier alpha value is -3.02. The normalized spacial score (nSPS) is 14.1. The molecule has 0 aliphatic carbocycles. The second-order valence-electron chi connectivity index (χ2n) is 6.23. The van der Waals surface area contributed by atoms with E-state index in [0.717, 1.165) is 37.6 Å². The van der Waals surface area contributed by atoms with Gasteiger partial charge in [-0.2, -0.15) is 0 Å². The van der Waals surface area contributed by atoms with E-state index in [1.807, 2.05) is 29.2 Å². The number of ether oxygens (including phenoxy) is 1. The van der Waals surface area contributed by atoms with Gasteiger partial charge in [0.1, 0.15) is 5.75 Å². The molecule has 3 rings (SSSR count). The van der Waals surface area contributed by atoms with E-state index in [2.05, 4.69) is 10.2 Å². The molecular weight excluding hydrogens is 330 g/mol. The zero-order valence-electron chi connectivity index (χ0n) is 15.1. The molecule has 1 N–H and O–H groups in total. The molecule has 1 heterocycles. The number of hydrogen-bond acceptors (Lipinski definition) is 4. The zero-order valence-corrected chi connectivity index (χ0v) is 15.1. The van der Waals surface area contributed by atoms with Crippen LogP contribution in [-0.4, -0.2) is 50.0 Å². The van der Waals surface area contributed by atoms with Gasteiger partial charge in [-0.25, -0.2) is 0 Å². The lowest BCUT2D eigenvalue weighted by Gasteiger charge is -2.35. The van der Waals surface area contributed by atoms with Gasteiger partial charge in [0.15, 0.2) is 0 Å². The molecule has 1 fully saturated rings. The van der Waals surface area contributed by atoms with Crippen LogP contribution in [0.5, 0.6) is 5.75 Å². The molecule has 0 unspecified atom stereocenters. The first kappa shape index (κ1) is 17.8. The third-order valence-corrected chi connectivity index (χ3v) is 4.53. The maximum atomic E-state index is 12.5. The SMILES string of the molecule is COc1cccc(C(=O)Nc2cccc(N3CCN(C(C)=O)CC3)c2)c1. The third-order valence-electron chi connectivity index (χ3n) is 4.53. The Balaban J connectivity index is 1.67. The Morgan fingerprint density at radius 3 is 2.42 bits per heavy atom. The number of piperazine rings is 1. The number of nitrogens with one attached hydrogen (secondary N) is 1. The topological polar surface area (TPSA) is 61.9 Å². The lowest BCUT2D eigenvalue weighted by Crippen LogP contribution is -2.48. The van der Waals surface area contributed by atoms with E-state index in [0.29, 0.717) is 11.3 Å². The quantitative estimate of drug-likeness (QED) is 0.918. The summed E-state index contributed by atoms with van der Waals surface area (Å²) in [7, 11) is 1.58. The van der Waals surface area contributed by atoms with E-state index in [9.17, 15) is 9.59 Å². The number of hydrogen-bond donors (Lipinski definition) is 1. The predicted molar refractivity (Wildman–Crippen MR) is 102 cm³/mol. The van der Waals surface area contributed by atoms with E-state index >= 15 is 0 Å². The Bertz CT molecular complexity index is 798. The molecule has 0 spiro atoms. The Morgan fingerprint density at radius 1 is 1.00 bits per heavy atom. The van der Waals surface area contributed by atoms with Crippen molar-refractivity contribution >= 4 is 23.2 Å². The maximum absolute atomic E-state index is 12.5. The summed E-state index contributed by atoms with van der Waals surface area (Å²) < 4.78 is 5.16. The lowest BCUT2D eigenvalue weighted by atomic mass is 10.2. The average molecular weight is 353 g/mol. The molecule has 26 heavy (non-hydrogen) atoms. The molecule has 0 radical (unpaired) electrons. The molecule has 1 saturated heterocycles. The molecule has 6 nitrogen and oxygen atoms in total. The summed E-state index contributed by atoms with van der Waals surface area (Å²) in [5.41, 5.74) is 2.32. The van der Waals surface area contributed by atoms with Crippen LogP contribution in [0.1, 0.15) is 17.3 Å². The number of rotatable bonds is 4. The van der Waals surface area contributed by atoms with Crippen molar-refractivity contribution in [1.29, 1.82) is 0 Å². The van der Waals surface area contributed by atoms with Crippen LogP contribution >= 0.6 is 0 Å². The van der Waals surface area contributed by atoms with Gasteiger partial charge in [0, 0.05) is 50.0 Å². The van der Waals surface area contributed by atoms with Crippen LogP contribution in [0.3, 0.4) is 0 Å². The second kappa shape index (κ2) is 7.91. The minimum absolute atomic E-state index is 0.115. The zero-order chi connectivity index (χ0) is 18.5. The number of anilines is 2. The molecule has 2 amide bonds. The van der Waals surface area contributed by atoms with Crippen molar-refractivity contribution in [3.8, 4) is 5.75 Å². The summed E-state index contributed by atoms with van der Waals surface area (Å²) in [6.07, 6.45) is 0. The minimum Gasteiger partial charge on any atom is -0.497 e. The Morgan fingerprint density at radius 2 is 1.73 bits per heavy atom. The monoisotopic (exact) mass is 353 g/mol. The van der Waals surface area contributed by atoms with Crippen molar-refractivity contribution in [3.05, 3.63) is 54.1 Å². The van der Waals surface area contributed by atoms with Crippen LogP contribution in [0.25, 0.3) is 0 Å². The number of methoxy groups -OCH3 is 1. The number of nitrogens with zero attached hydrogens (tertiary/aromatic N) is 2. The highest BCUT2D eigenvalue weighted by molar-refractivity contribution is 6.04. The number of carbonyl (C=O) groups is 2. The predicted octanol–water partition coefficient (Wildman–Crippen LogP) is 2.62. The first-order chi connectivity index (χ1) is 12.6. The fourth-order valence-corrected chi connectivity index (χ4v) is 3.03. The van der Waals surface area contributed by atoms with Crippen LogP contribution in [0.4, 0.5) is 11.4 Å². The number of carbonyl (C=O) groups excluding carboxylic acids is 2. The second-order valence-corrected chi connectivity index (χ2v) is 6.23. The van der Waals surface area contributed by atoms with Crippen molar-refractivity contribution in [1.82, 2.24) is 4.90 Å². The molecular formula is C20H23N3O3. The molecule has 0 aromatic heterocycles. The van der Waals surface area contributed by atoms with Gasteiger partial charge in [-0.1, -0.05) is 12.1 Å². The van der Waals surface area contributed by atoms with Gasteiger partial charge in [0.05, 0.1) is 7.11 Å². The van der Waals surface area contributed by atoms with Gasteiger partial charge in [-0.05, 0) is 36.4 Å². The minimum atomic E-state index is -0.178. The van der Waals surface area contributed by atoms with Gasteiger partial charge >= 0.3 is 0 Å². The summed E-state index contributed by atoms with van der Waals surface area (Å²) in [5.74, 6) is 0.584. The summed E-state index contributed by atoms with van der Waals surface area (Å²) in [6.45, 7) is 4.61. The molecule has 0 saturated carbocycles. The van der Waals surface area contributed by atoms with Gasteiger partial charge in [-0.3, -0.25) is 9.59 Å². The Labute approximate surface area is 153 Å². The van der Waals surface area contributed by atoms with Gasteiger partial charge in [0.2, 0.25) is 5.91 Å². The van der Waals surface area contributed by atoms with Crippen molar-refractivity contribution in [2.24, 2.45) is 0 Å². The van der Waals surface area contributed by atoms with Gasteiger partial charge in [-0.15, -0.1) is 0 Å². The molecule has 0 bridgehead atoms. The van der Waals surface area contributed by atoms with E-state index in [1.54, 1.807) is 38.3 Å². The summed E-state index contributed by atoms with van der Waals surface area (Å²) in [5, 5.41) is 2.93. The molecule has 1 aliphatic heterocycles. The van der Waals surface area contributed by atoms with Crippen LogP contribution < -0.4 is 15.0 Å². The van der Waals surface area contributed by atoms with Crippen LogP contribution in [0.2, 0.25) is 0 Å². The molecule has 0 atom stereocenters. The van der Waals surface area contributed by atoms with Crippen molar-refractivity contribution in [2.45, 2.75) is 6.92 Å². The first-order valence-electron chi connectivity index (χ1n) is 8.63. The van der Waals surface area contributed by atoms with E-state index in [1.165, 1.54) is 0 Å². The van der Waals surface area contributed by atoms with Crippen molar-refractivity contribution < 1.29 is 14.3 Å². The number of amides is 2. The average Bonchev–Trinajstić information content (AvgIpc) is 2.68. The molecule has 2 aromatic carbocycles. The van der Waals surface area contributed by atoms with E-state index in [-0.39, 0.29) is 11.8 Å². The van der Waals surface area contributed by atoms with Gasteiger partial charge in [0.25, 0.3) is 5.91 Å². The molecule has 1 aliphatic rings. The fourth-order valence-electron chi connectivity index (χ4n) is 3.03. The smallest absolute Gasteiger partial charge is 0.255 e. The van der Waals surface area contributed by atoms with Crippen LogP contribution in [0, 0.1) is 0 Å². The summed E-state index contributed by atoms with van der Waals surface area (Å²) in [4.78, 5) is 28.0. The van der Waals surface area contributed by atoms with Crippen LogP contribution in [-0.2, 0) is 4.79 Å². The molecule has 6 heteroatoms. The van der Waals surface area contributed by atoms with E-state index < -0.39 is 0 Å². The van der Waals surface area contributed by atoms with Crippen LogP contribution in [0.15, 0.2) is 48.5 Å². The highest BCUT2D eigenvalue weighted by Gasteiger charge is 2.19. The number of benzene rings is 2. The van der Waals surface area contributed by atoms with Crippen molar-refractivity contribution in [3.63, 3.8) is 0 Å². The van der Waals surface area contributed by atoms with Gasteiger partial charge < -0.3 is 19.9 Å². The largest absolute Gasteiger partial charge is 0.497 e. The fraction of sp³-hybridized carbons (Fsp3) is 0.300. The highest BCUT2D eigenvalue weighted by atomic mass is 16.5. The Kier molecular flexibility index (Phi) is 5.41. The summed E-state index contributed by atoms with van der Waals surface area (Å²) >= 11 is 0. The standard InChI is InChI=1S/C20H23N3O3/c1-15(24)22-9-11-23(12-10-22)18-7-4-6-17(14-18)21-20(25)16-5-3-8-19(13-16)26-2/h3-8,13-14H,9-12H2,1-2H3,(H,21,25). The summed E-state index contributed by atoms with van der Waals surface area (Å²) in [6, 6.07) is 14.8. The van der Waals surface area contributed by atoms with E-state index in [4.69, 9.17) is 4.74 Å². The highest BCUT2D eigenvalue weighted by Crippen LogP contribution is 2.22.